The van der Waals surface area contributed by atoms with Crippen LogP contribution < -0.4 is 5.32 Å². The molecule has 0 fully saturated rings. The Labute approximate surface area is 94.2 Å². The van der Waals surface area contributed by atoms with Gasteiger partial charge in [0.25, 0.3) is 0 Å². The molecule has 0 heterocycles. The van der Waals surface area contributed by atoms with E-state index in [9.17, 15) is 13.2 Å². The lowest BCUT2D eigenvalue weighted by atomic mass is 9.93. The molecule has 92 valence electrons. The molecular formula is C10H20F3NS. The van der Waals surface area contributed by atoms with Crippen molar-refractivity contribution >= 4 is 11.8 Å². The quantitative estimate of drug-likeness (QED) is 0.734. The van der Waals surface area contributed by atoms with Crippen molar-refractivity contribution in [2.45, 2.75) is 32.7 Å². The van der Waals surface area contributed by atoms with Crippen LogP contribution in [0.3, 0.4) is 0 Å². The van der Waals surface area contributed by atoms with Crippen LogP contribution in [0.2, 0.25) is 0 Å². The molecule has 1 nitrogen and oxygen atoms in total. The molecule has 0 saturated carbocycles. The van der Waals surface area contributed by atoms with Crippen molar-refractivity contribution in [2.24, 2.45) is 11.8 Å². The van der Waals surface area contributed by atoms with Crippen molar-refractivity contribution in [1.82, 2.24) is 5.32 Å². The molecule has 1 N–H and O–H groups in total. The van der Waals surface area contributed by atoms with Crippen LogP contribution in [0.25, 0.3) is 0 Å². The van der Waals surface area contributed by atoms with Gasteiger partial charge in [-0.1, -0.05) is 32.5 Å². The minimum atomic E-state index is -4.08. The highest BCUT2D eigenvalue weighted by Crippen LogP contribution is 2.32. The standard InChI is InChI=1S/C10H20F3NS/c1-4-14-7-9(8(2)3)5-6-15-10(11,12)13/h8-9,14H,4-7H2,1-3H3. The molecule has 0 aromatic rings. The van der Waals surface area contributed by atoms with E-state index in [4.69, 9.17) is 0 Å². The topological polar surface area (TPSA) is 12.0 Å². The van der Waals surface area contributed by atoms with Crippen LogP contribution in [-0.4, -0.2) is 24.4 Å². The smallest absolute Gasteiger partial charge is 0.317 e. The Kier molecular flexibility index (Phi) is 7.44. The molecule has 0 aliphatic carbocycles. The maximum atomic E-state index is 11.9. The van der Waals surface area contributed by atoms with Crippen LogP contribution in [0.4, 0.5) is 13.2 Å². The van der Waals surface area contributed by atoms with Gasteiger partial charge in [0.2, 0.25) is 0 Å². The minimum Gasteiger partial charge on any atom is -0.317 e. The Morgan fingerprint density at radius 1 is 1.27 bits per heavy atom. The molecule has 0 bridgehead atoms. The number of hydrogen-bond donors (Lipinski definition) is 1. The third-order valence-electron chi connectivity index (χ3n) is 2.35. The molecule has 0 amide bonds. The normalized spacial score (nSPS) is 14.6. The van der Waals surface area contributed by atoms with Crippen molar-refractivity contribution in [1.29, 1.82) is 0 Å². The van der Waals surface area contributed by atoms with E-state index in [1.165, 1.54) is 0 Å². The summed E-state index contributed by atoms with van der Waals surface area (Å²) in [5, 5.41) is 3.19. The Bertz CT molecular complexity index is 159. The minimum absolute atomic E-state index is 0.0850. The van der Waals surface area contributed by atoms with Crippen LogP contribution in [0.1, 0.15) is 27.2 Å². The Morgan fingerprint density at radius 3 is 2.27 bits per heavy atom. The van der Waals surface area contributed by atoms with Gasteiger partial charge >= 0.3 is 5.51 Å². The molecule has 0 rings (SSSR count). The number of alkyl halides is 3. The summed E-state index contributed by atoms with van der Waals surface area (Å²) in [6, 6.07) is 0. The summed E-state index contributed by atoms with van der Waals surface area (Å²) in [5.74, 6) is 0.926. The van der Waals surface area contributed by atoms with Gasteiger partial charge in [0, 0.05) is 5.75 Å². The second-order valence-corrected chi connectivity index (χ2v) is 5.05. The fraction of sp³-hybridized carbons (Fsp3) is 1.00. The van der Waals surface area contributed by atoms with Gasteiger partial charge in [-0.3, -0.25) is 0 Å². The van der Waals surface area contributed by atoms with Crippen LogP contribution >= 0.6 is 11.8 Å². The fourth-order valence-corrected chi connectivity index (χ4v) is 1.98. The number of thioether (sulfide) groups is 1. The number of rotatable bonds is 7. The summed E-state index contributed by atoms with van der Waals surface area (Å²) in [6.07, 6.45) is 0.620. The maximum Gasteiger partial charge on any atom is 0.441 e. The molecule has 0 aromatic heterocycles. The second kappa shape index (κ2) is 7.39. The van der Waals surface area contributed by atoms with Crippen molar-refractivity contribution in [3.63, 3.8) is 0 Å². The molecule has 0 aliphatic rings. The zero-order chi connectivity index (χ0) is 11.9. The Balaban J connectivity index is 3.76. The van der Waals surface area contributed by atoms with E-state index in [1.54, 1.807) is 0 Å². The first-order chi connectivity index (χ1) is 6.87. The lowest BCUT2D eigenvalue weighted by Crippen LogP contribution is -2.26. The summed E-state index contributed by atoms with van der Waals surface area (Å²) in [5.41, 5.74) is -4.08. The summed E-state index contributed by atoms with van der Waals surface area (Å²) >= 11 is 0.0850. The average molecular weight is 243 g/mol. The van der Waals surface area contributed by atoms with Gasteiger partial charge in [0.1, 0.15) is 0 Å². The van der Waals surface area contributed by atoms with Crippen LogP contribution in [-0.2, 0) is 0 Å². The van der Waals surface area contributed by atoms with Gasteiger partial charge in [-0.15, -0.1) is 0 Å². The third kappa shape index (κ3) is 9.05. The van der Waals surface area contributed by atoms with Gasteiger partial charge in [0.15, 0.2) is 0 Å². The van der Waals surface area contributed by atoms with Crippen molar-refractivity contribution in [3.05, 3.63) is 0 Å². The summed E-state index contributed by atoms with van der Waals surface area (Å²) in [7, 11) is 0. The first kappa shape index (κ1) is 15.1. The maximum absolute atomic E-state index is 11.9. The Morgan fingerprint density at radius 2 is 1.87 bits per heavy atom. The van der Waals surface area contributed by atoms with E-state index in [1.807, 2.05) is 6.92 Å². The first-order valence-corrected chi connectivity index (χ1v) is 6.26. The van der Waals surface area contributed by atoms with Crippen LogP contribution in [0, 0.1) is 11.8 Å². The molecular weight excluding hydrogens is 223 g/mol. The highest BCUT2D eigenvalue weighted by atomic mass is 32.2. The van der Waals surface area contributed by atoms with E-state index in [0.717, 1.165) is 13.1 Å². The fourth-order valence-electron chi connectivity index (χ4n) is 1.33. The zero-order valence-electron chi connectivity index (χ0n) is 9.53. The van der Waals surface area contributed by atoms with Crippen molar-refractivity contribution < 1.29 is 13.2 Å². The highest BCUT2D eigenvalue weighted by molar-refractivity contribution is 8.00. The highest BCUT2D eigenvalue weighted by Gasteiger charge is 2.28. The molecule has 0 spiro atoms. The summed E-state index contributed by atoms with van der Waals surface area (Å²) in [4.78, 5) is 0. The second-order valence-electron chi connectivity index (χ2n) is 3.89. The van der Waals surface area contributed by atoms with Gasteiger partial charge in [-0.05, 0) is 31.3 Å². The number of halogens is 3. The lowest BCUT2D eigenvalue weighted by molar-refractivity contribution is -0.0328. The first-order valence-electron chi connectivity index (χ1n) is 5.28. The van der Waals surface area contributed by atoms with Gasteiger partial charge in [0.05, 0.1) is 0 Å². The van der Waals surface area contributed by atoms with Gasteiger partial charge < -0.3 is 5.32 Å². The predicted octanol–water partition coefficient (Wildman–Crippen LogP) is 3.51. The van der Waals surface area contributed by atoms with E-state index < -0.39 is 5.51 Å². The van der Waals surface area contributed by atoms with Crippen LogP contribution in [0.5, 0.6) is 0 Å². The lowest BCUT2D eigenvalue weighted by Gasteiger charge is -2.21. The van der Waals surface area contributed by atoms with E-state index in [0.29, 0.717) is 18.3 Å². The average Bonchev–Trinajstić information content (AvgIpc) is 2.08. The Hall–Kier alpha value is 0.100. The van der Waals surface area contributed by atoms with Crippen molar-refractivity contribution in [3.8, 4) is 0 Å². The summed E-state index contributed by atoms with van der Waals surface area (Å²) in [6.45, 7) is 7.80. The number of hydrogen-bond acceptors (Lipinski definition) is 2. The van der Waals surface area contributed by atoms with Gasteiger partial charge in [-0.2, -0.15) is 13.2 Å². The monoisotopic (exact) mass is 243 g/mol. The van der Waals surface area contributed by atoms with Crippen molar-refractivity contribution in [2.75, 3.05) is 18.8 Å². The molecule has 5 heteroatoms. The summed E-state index contributed by atoms with van der Waals surface area (Å²) < 4.78 is 35.7. The largest absolute Gasteiger partial charge is 0.441 e. The molecule has 15 heavy (non-hydrogen) atoms. The predicted molar refractivity (Wildman–Crippen MR) is 60.0 cm³/mol. The van der Waals surface area contributed by atoms with E-state index in [2.05, 4.69) is 19.2 Å². The third-order valence-corrected chi connectivity index (χ3v) is 3.12. The molecule has 0 radical (unpaired) electrons. The molecule has 0 aliphatic heterocycles. The SMILES string of the molecule is CCNCC(CCSC(F)(F)F)C(C)C. The van der Waals surface area contributed by atoms with Crippen LogP contribution in [0.15, 0.2) is 0 Å². The van der Waals surface area contributed by atoms with E-state index >= 15 is 0 Å². The molecule has 1 atom stereocenters. The zero-order valence-corrected chi connectivity index (χ0v) is 10.3. The van der Waals surface area contributed by atoms with E-state index in [-0.39, 0.29) is 17.5 Å². The van der Waals surface area contributed by atoms with Gasteiger partial charge in [-0.25, -0.2) is 0 Å². The molecule has 0 aromatic carbocycles. The molecule has 1 unspecified atom stereocenters. The molecule has 0 saturated heterocycles. The number of nitrogens with one attached hydrogen (secondary N) is 1.